The summed E-state index contributed by atoms with van der Waals surface area (Å²) in [5, 5.41) is 10.1. The zero-order valence-corrected chi connectivity index (χ0v) is 32.8. The van der Waals surface area contributed by atoms with Crippen molar-refractivity contribution in [2.75, 3.05) is 22.2 Å². The molecule has 8 rings (SSSR count). The van der Waals surface area contributed by atoms with Crippen LogP contribution in [0.4, 0.5) is 17.1 Å². The van der Waals surface area contributed by atoms with Crippen molar-refractivity contribution in [3.05, 3.63) is 178 Å². The van der Waals surface area contributed by atoms with Gasteiger partial charge in [-0.3, -0.25) is 0 Å². The Kier molecular flexibility index (Phi) is 9.44. The first-order valence-electron chi connectivity index (χ1n) is 19.4. The van der Waals surface area contributed by atoms with Gasteiger partial charge in [0.2, 0.25) is 0 Å². The number of para-hydroxylation sites is 1. The molecule has 6 aromatic rings. The van der Waals surface area contributed by atoms with Crippen LogP contribution in [0.2, 0.25) is 0 Å². The molecule has 1 fully saturated rings. The Balaban J connectivity index is 1.35. The minimum atomic E-state index is -0.569. The predicted molar refractivity (Wildman–Crippen MR) is 236 cm³/mol. The number of aryl methyl sites for hydroxylation is 1. The van der Waals surface area contributed by atoms with Gasteiger partial charge in [0, 0.05) is 33.6 Å². The number of fused-ring (bicyclic) bond motifs is 4. The summed E-state index contributed by atoms with van der Waals surface area (Å²) >= 11 is 4.59. The first-order chi connectivity index (χ1) is 26.2. The molecule has 54 heavy (non-hydrogen) atoms. The number of nitrogen functional groups attached to an aromatic ring is 1. The molecule has 1 heterocycles. The summed E-state index contributed by atoms with van der Waals surface area (Å²) in [7, 11) is 0. The van der Waals surface area contributed by atoms with Crippen molar-refractivity contribution in [2.24, 2.45) is 0 Å². The molecule has 4 heteroatoms. The summed E-state index contributed by atoms with van der Waals surface area (Å²) in [5.74, 6) is 0.532. The molecule has 6 aromatic carbocycles. The van der Waals surface area contributed by atoms with Crippen LogP contribution in [0.25, 0.3) is 28.0 Å². The number of hydrogen-bond donors (Lipinski definition) is 4. The Morgan fingerprint density at radius 2 is 1.48 bits per heavy atom. The average molecular weight is 726 g/mol. The van der Waals surface area contributed by atoms with Gasteiger partial charge in [-0.05, 0) is 102 Å². The van der Waals surface area contributed by atoms with Gasteiger partial charge in [0.25, 0.3) is 0 Å². The fourth-order valence-corrected chi connectivity index (χ4v) is 10.0. The minimum Gasteiger partial charge on any atom is -0.399 e. The maximum absolute atomic E-state index is 6.85. The molecule has 0 saturated heterocycles. The largest absolute Gasteiger partial charge is 0.399 e. The Hall–Kier alpha value is -5.19. The quantitative estimate of drug-likeness (QED) is 0.0395. The molecule has 1 aliphatic carbocycles. The third-order valence-electron chi connectivity index (χ3n) is 12.8. The van der Waals surface area contributed by atoms with Crippen molar-refractivity contribution in [3.63, 3.8) is 0 Å². The molecule has 2 unspecified atom stereocenters. The Morgan fingerprint density at radius 3 is 2.20 bits per heavy atom. The van der Waals surface area contributed by atoms with Crippen LogP contribution in [0.15, 0.2) is 145 Å². The highest BCUT2D eigenvalue weighted by atomic mass is 32.1. The van der Waals surface area contributed by atoms with Crippen molar-refractivity contribution in [3.8, 4) is 11.1 Å². The van der Waals surface area contributed by atoms with Gasteiger partial charge in [-0.15, -0.1) is 0 Å². The number of benzene rings is 6. The second-order valence-electron chi connectivity index (χ2n) is 15.8. The van der Waals surface area contributed by atoms with E-state index in [1.807, 2.05) is 0 Å². The van der Waals surface area contributed by atoms with Crippen LogP contribution in [-0.2, 0) is 10.8 Å². The molecular weight excluding hydrogens is 675 g/mol. The fourth-order valence-electron chi connectivity index (χ4n) is 9.84. The first-order valence-corrected chi connectivity index (χ1v) is 20.0. The second-order valence-corrected chi connectivity index (χ2v) is 16.1. The third kappa shape index (κ3) is 5.74. The summed E-state index contributed by atoms with van der Waals surface area (Å²) in [6.45, 7) is 9.39. The molecule has 1 saturated carbocycles. The highest BCUT2D eigenvalue weighted by Gasteiger charge is 2.53. The van der Waals surface area contributed by atoms with Crippen molar-refractivity contribution < 1.29 is 0 Å². The van der Waals surface area contributed by atoms with E-state index >= 15 is 0 Å². The highest BCUT2D eigenvalue weighted by Crippen LogP contribution is 2.58. The van der Waals surface area contributed by atoms with E-state index in [1.165, 1.54) is 79.4 Å². The summed E-state index contributed by atoms with van der Waals surface area (Å²) in [6.07, 6.45) is 11.7. The van der Waals surface area contributed by atoms with Crippen molar-refractivity contribution in [1.82, 2.24) is 0 Å². The van der Waals surface area contributed by atoms with Gasteiger partial charge in [-0.25, -0.2) is 0 Å². The maximum atomic E-state index is 6.85. The van der Waals surface area contributed by atoms with E-state index in [-0.39, 0.29) is 11.0 Å². The fraction of sp³-hybridized carbons (Fsp3) is 0.240. The second kappa shape index (κ2) is 14.2. The summed E-state index contributed by atoms with van der Waals surface area (Å²) in [5.41, 5.74) is 20.5. The molecule has 1 aliphatic heterocycles. The number of anilines is 3. The topological polar surface area (TPSA) is 50.1 Å². The normalized spacial score (nSPS) is 19.8. The lowest BCUT2D eigenvalue weighted by atomic mass is 9.62. The van der Waals surface area contributed by atoms with Crippen molar-refractivity contribution in [2.45, 2.75) is 69.7 Å². The van der Waals surface area contributed by atoms with Crippen LogP contribution in [0, 0.1) is 6.92 Å². The molecule has 4 N–H and O–H groups in total. The Bertz CT molecular complexity index is 2360. The summed E-state index contributed by atoms with van der Waals surface area (Å²) < 4.78 is 0. The van der Waals surface area contributed by atoms with E-state index in [9.17, 15) is 0 Å². The summed E-state index contributed by atoms with van der Waals surface area (Å²) in [6, 6.07) is 46.0. The van der Waals surface area contributed by atoms with Crippen LogP contribution in [-0.4, -0.2) is 11.4 Å². The van der Waals surface area contributed by atoms with Crippen LogP contribution >= 0.6 is 12.6 Å². The first kappa shape index (κ1) is 35.8. The molecule has 0 bridgehead atoms. The van der Waals surface area contributed by atoms with Crippen LogP contribution < -0.4 is 16.4 Å². The van der Waals surface area contributed by atoms with E-state index in [0.717, 1.165) is 24.2 Å². The number of hydrogen-bond acceptors (Lipinski definition) is 4. The number of rotatable bonds is 9. The average Bonchev–Trinajstić information content (AvgIpc) is 3.43. The lowest BCUT2D eigenvalue weighted by Gasteiger charge is -2.45. The summed E-state index contributed by atoms with van der Waals surface area (Å²) in [4.78, 5) is 0. The zero-order valence-electron chi connectivity index (χ0n) is 31.9. The molecule has 2 atom stereocenters. The molecule has 0 aromatic heterocycles. The van der Waals surface area contributed by atoms with Gasteiger partial charge >= 0.3 is 0 Å². The SMILES string of the molecule is C/C(=C\C=C/c1c(C)cc2ccccc2c1-c1cc(N)cc2c1NC1(C)CCCCC21C)C(c1ccccc1)(c1ccccc1)c1ccccc1NCS. The molecule has 3 nitrogen and oxygen atoms in total. The number of allylic oxidation sites excluding steroid dienone is 3. The van der Waals surface area contributed by atoms with Gasteiger partial charge in [0.05, 0.1) is 11.3 Å². The van der Waals surface area contributed by atoms with E-state index in [1.54, 1.807) is 0 Å². The number of nitrogens with one attached hydrogen (secondary N) is 2. The van der Waals surface area contributed by atoms with Gasteiger partial charge in [0.15, 0.2) is 0 Å². The van der Waals surface area contributed by atoms with Gasteiger partial charge in [0.1, 0.15) is 0 Å². The highest BCUT2D eigenvalue weighted by molar-refractivity contribution is 7.80. The van der Waals surface area contributed by atoms with E-state index in [4.69, 9.17) is 5.73 Å². The number of nitrogens with two attached hydrogens (primary N) is 1. The molecule has 2 aliphatic rings. The maximum Gasteiger partial charge on any atom is 0.0682 e. The van der Waals surface area contributed by atoms with Gasteiger partial charge < -0.3 is 16.4 Å². The van der Waals surface area contributed by atoms with Gasteiger partial charge in [-0.1, -0.05) is 153 Å². The third-order valence-corrected chi connectivity index (χ3v) is 12.9. The predicted octanol–water partition coefficient (Wildman–Crippen LogP) is 12.7. The van der Waals surface area contributed by atoms with E-state index in [2.05, 4.69) is 197 Å². The lowest BCUT2D eigenvalue weighted by molar-refractivity contribution is 0.214. The Labute approximate surface area is 326 Å². The molecule has 0 spiro atoms. The number of thiol groups is 1. The molecular formula is C50H51N3S. The molecule has 0 amide bonds. The van der Waals surface area contributed by atoms with E-state index < -0.39 is 5.41 Å². The zero-order chi connectivity index (χ0) is 37.5. The lowest BCUT2D eigenvalue weighted by Crippen LogP contribution is -2.50. The standard InChI is InChI=1S/C50H51N3S/c1-34-30-36-19-11-12-24-41(36)46(42-31-39(51)32-44-47(42)53-49(4)29-16-15-28-48(44,49)3)40(34)25-17-18-35(2)50(37-20-7-5-8-21-37,38-22-9-6-10-23-38)43-26-13-14-27-45(43)52-33-54/h5-14,17-27,30-32,52-54H,15-16,28-29,33,51H2,1-4H3/b25-17-,35-18+. The van der Waals surface area contributed by atoms with E-state index in [0.29, 0.717) is 5.88 Å². The Morgan fingerprint density at radius 1 is 0.833 bits per heavy atom. The molecule has 0 radical (unpaired) electrons. The molecule has 272 valence electrons. The minimum absolute atomic E-state index is 0.0120. The van der Waals surface area contributed by atoms with Gasteiger partial charge in [-0.2, -0.15) is 12.6 Å². The van der Waals surface area contributed by atoms with Crippen molar-refractivity contribution in [1.29, 1.82) is 0 Å². The van der Waals surface area contributed by atoms with Crippen LogP contribution in [0.1, 0.15) is 79.8 Å². The van der Waals surface area contributed by atoms with Crippen LogP contribution in [0.3, 0.4) is 0 Å². The smallest absolute Gasteiger partial charge is 0.0682 e. The van der Waals surface area contributed by atoms with Crippen LogP contribution in [0.5, 0.6) is 0 Å². The monoisotopic (exact) mass is 725 g/mol. The van der Waals surface area contributed by atoms with Crippen molar-refractivity contribution >= 4 is 46.5 Å².